The molecule has 1 atom stereocenters. The number of ether oxygens (including phenoxy) is 1. The summed E-state index contributed by atoms with van der Waals surface area (Å²) < 4.78 is 54.4. The van der Waals surface area contributed by atoms with Crippen molar-refractivity contribution >= 4 is 31.5 Å². The molecule has 1 amide bonds. The van der Waals surface area contributed by atoms with Gasteiger partial charge in [0.15, 0.2) is 9.84 Å². The quantitative estimate of drug-likeness (QED) is 0.729. The van der Waals surface area contributed by atoms with Crippen molar-refractivity contribution in [1.29, 1.82) is 0 Å². The minimum Gasteiger partial charge on any atom is -0.492 e. The molecule has 0 aromatic heterocycles. The van der Waals surface area contributed by atoms with Gasteiger partial charge in [0.2, 0.25) is 15.9 Å². The number of nitrogens with one attached hydrogen (secondary N) is 1. The van der Waals surface area contributed by atoms with Gasteiger partial charge in [0.1, 0.15) is 10.6 Å². The Morgan fingerprint density at radius 2 is 2.04 bits per heavy atom. The molecule has 0 radical (unpaired) electrons. The summed E-state index contributed by atoms with van der Waals surface area (Å²) in [7, 11) is -3.96. The van der Waals surface area contributed by atoms with Gasteiger partial charge >= 0.3 is 0 Å². The molecule has 10 heteroatoms. The lowest BCUT2D eigenvalue weighted by Crippen LogP contribution is -2.23. The van der Waals surface area contributed by atoms with E-state index in [0.29, 0.717) is 18.7 Å². The minimum absolute atomic E-state index is 0.0178. The smallest absolute Gasteiger partial charge is 0.246 e. The molecule has 0 aliphatic carbocycles. The van der Waals surface area contributed by atoms with Gasteiger partial charge in [-0.1, -0.05) is 0 Å². The fraction of sp³-hybridized carbons (Fsp3) is 0.562. The summed E-state index contributed by atoms with van der Waals surface area (Å²) in [6.07, 6.45) is 0.557. The van der Waals surface area contributed by atoms with Crippen molar-refractivity contribution in [3.8, 4) is 5.75 Å². The zero-order valence-electron chi connectivity index (χ0n) is 15.1. The zero-order valence-corrected chi connectivity index (χ0v) is 16.7. The number of hydrogen-bond donors (Lipinski definition) is 1. The van der Waals surface area contributed by atoms with Crippen LogP contribution in [0.3, 0.4) is 0 Å². The first kappa shape index (κ1) is 20.7. The van der Waals surface area contributed by atoms with Crippen LogP contribution in [-0.4, -0.2) is 59.3 Å². The van der Waals surface area contributed by atoms with Gasteiger partial charge in [0.05, 0.1) is 18.1 Å². The molecular weight excluding hydrogens is 380 g/mol. The summed E-state index contributed by atoms with van der Waals surface area (Å²) in [6, 6.07) is 4.40. The minimum atomic E-state index is -3.75. The summed E-state index contributed by atoms with van der Waals surface area (Å²) in [6.45, 7) is 2.05. The number of amides is 1. The number of sulfone groups is 1. The number of carbonyl (C=O) groups excluding carboxylic acids is 1. The van der Waals surface area contributed by atoms with Gasteiger partial charge in [0.25, 0.3) is 0 Å². The summed E-state index contributed by atoms with van der Waals surface area (Å²) in [5, 5.41) is 2.64. The zero-order chi connectivity index (χ0) is 19.5. The predicted molar refractivity (Wildman–Crippen MR) is 98.5 cm³/mol. The first-order chi connectivity index (χ1) is 12.0. The standard InChI is InChI=1S/C16H24N2O6S2/c1-4-24-14-6-5-13(10-15(14)26(22,23)18(2)3)17-16(19)9-12-7-8-25(20,21)11-12/h5-6,10,12H,4,7-9,11H2,1-3H3,(H,17,19)/t12-/m0/s1. The van der Waals surface area contributed by atoms with Gasteiger partial charge in [-0.05, 0) is 37.5 Å². The van der Waals surface area contributed by atoms with E-state index in [1.54, 1.807) is 13.0 Å². The summed E-state index contributed by atoms with van der Waals surface area (Å²) in [5.74, 6) is -0.207. The molecule has 0 unspecified atom stereocenters. The van der Waals surface area contributed by atoms with Crippen LogP contribution in [0.4, 0.5) is 5.69 Å². The van der Waals surface area contributed by atoms with Gasteiger partial charge in [0, 0.05) is 26.2 Å². The number of hydrogen-bond acceptors (Lipinski definition) is 6. The van der Waals surface area contributed by atoms with E-state index in [1.807, 2.05) is 0 Å². The van der Waals surface area contributed by atoms with E-state index in [4.69, 9.17) is 4.74 Å². The predicted octanol–water partition coefficient (Wildman–Crippen LogP) is 1.10. The Kier molecular flexibility index (Phi) is 6.30. The van der Waals surface area contributed by atoms with E-state index >= 15 is 0 Å². The monoisotopic (exact) mass is 404 g/mol. The van der Waals surface area contributed by atoms with E-state index in [2.05, 4.69) is 5.32 Å². The number of anilines is 1. The maximum Gasteiger partial charge on any atom is 0.246 e. The Morgan fingerprint density at radius 3 is 2.58 bits per heavy atom. The summed E-state index contributed by atoms with van der Waals surface area (Å²) in [4.78, 5) is 12.2. The van der Waals surface area contributed by atoms with Crippen molar-refractivity contribution in [2.75, 3.05) is 37.5 Å². The van der Waals surface area contributed by atoms with Crippen LogP contribution in [-0.2, 0) is 24.7 Å². The van der Waals surface area contributed by atoms with Gasteiger partial charge < -0.3 is 10.1 Å². The molecule has 8 nitrogen and oxygen atoms in total. The number of carbonyl (C=O) groups is 1. The molecule has 146 valence electrons. The molecular formula is C16H24N2O6S2. The molecule has 1 aliphatic heterocycles. The van der Waals surface area contributed by atoms with Crippen LogP contribution in [0.1, 0.15) is 19.8 Å². The molecule has 0 spiro atoms. The third-order valence-electron chi connectivity index (χ3n) is 4.09. The van der Waals surface area contributed by atoms with Crippen LogP contribution >= 0.6 is 0 Å². The van der Waals surface area contributed by atoms with Gasteiger partial charge in [-0.3, -0.25) is 4.79 Å². The van der Waals surface area contributed by atoms with Crippen LogP contribution in [0.5, 0.6) is 5.75 Å². The molecule has 1 N–H and O–H groups in total. The third kappa shape index (κ3) is 4.95. The molecule has 0 bridgehead atoms. The van der Waals surface area contributed by atoms with Crippen molar-refractivity contribution in [2.45, 2.75) is 24.7 Å². The van der Waals surface area contributed by atoms with E-state index < -0.39 is 19.9 Å². The highest BCUT2D eigenvalue weighted by Crippen LogP contribution is 2.29. The lowest BCUT2D eigenvalue weighted by atomic mass is 10.1. The van der Waals surface area contributed by atoms with Crippen molar-refractivity contribution < 1.29 is 26.4 Å². The highest BCUT2D eigenvalue weighted by molar-refractivity contribution is 7.91. The van der Waals surface area contributed by atoms with Crippen LogP contribution in [0.15, 0.2) is 23.1 Å². The Hall–Kier alpha value is -1.65. The molecule has 2 rings (SSSR count). The van der Waals surface area contributed by atoms with Crippen molar-refractivity contribution in [3.63, 3.8) is 0 Å². The molecule has 1 heterocycles. The Bertz CT molecular complexity index is 878. The van der Waals surface area contributed by atoms with E-state index in [-0.39, 0.29) is 40.4 Å². The number of benzene rings is 1. The largest absolute Gasteiger partial charge is 0.492 e. The van der Waals surface area contributed by atoms with Crippen molar-refractivity contribution in [2.24, 2.45) is 5.92 Å². The fourth-order valence-electron chi connectivity index (χ4n) is 2.77. The number of sulfonamides is 1. The molecule has 1 fully saturated rings. The van der Waals surface area contributed by atoms with Gasteiger partial charge in [-0.15, -0.1) is 0 Å². The highest BCUT2D eigenvalue weighted by atomic mass is 32.2. The molecule has 0 saturated carbocycles. The molecule has 1 aromatic rings. The lowest BCUT2D eigenvalue weighted by Gasteiger charge is -2.17. The third-order valence-corrected chi connectivity index (χ3v) is 7.76. The summed E-state index contributed by atoms with van der Waals surface area (Å²) in [5.41, 5.74) is 0.319. The second-order valence-corrected chi connectivity index (χ2v) is 10.8. The fourth-order valence-corrected chi connectivity index (χ4v) is 5.68. The van der Waals surface area contributed by atoms with Gasteiger partial charge in [-0.2, -0.15) is 0 Å². The molecule has 1 saturated heterocycles. The van der Waals surface area contributed by atoms with Crippen LogP contribution in [0.25, 0.3) is 0 Å². The first-order valence-electron chi connectivity index (χ1n) is 8.25. The Labute approximate surface area is 154 Å². The molecule has 26 heavy (non-hydrogen) atoms. The molecule has 1 aromatic carbocycles. The average Bonchev–Trinajstić information content (AvgIpc) is 2.87. The highest BCUT2D eigenvalue weighted by Gasteiger charge is 2.29. The van der Waals surface area contributed by atoms with E-state index in [9.17, 15) is 21.6 Å². The summed E-state index contributed by atoms with van der Waals surface area (Å²) >= 11 is 0. The Balaban J connectivity index is 2.18. The number of nitrogens with zero attached hydrogens (tertiary/aromatic N) is 1. The van der Waals surface area contributed by atoms with Crippen LogP contribution < -0.4 is 10.1 Å². The number of rotatable bonds is 7. The SMILES string of the molecule is CCOc1ccc(NC(=O)C[C@@H]2CCS(=O)(=O)C2)cc1S(=O)(=O)N(C)C. The van der Waals surface area contributed by atoms with Gasteiger partial charge in [-0.25, -0.2) is 21.1 Å². The second kappa shape index (κ2) is 7.93. The lowest BCUT2D eigenvalue weighted by molar-refractivity contribution is -0.116. The van der Waals surface area contributed by atoms with Crippen molar-refractivity contribution in [3.05, 3.63) is 18.2 Å². The maximum atomic E-state index is 12.5. The maximum absolute atomic E-state index is 12.5. The Morgan fingerprint density at radius 1 is 1.35 bits per heavy atom. The topological polar surface area (TPSA) is 110 Å². The normalized spacial score (nSPS) is 19.5. The van der Waals surface area contributed by atoms with E-state index in [1.165, 1.54) is 26.2 Å². The average molecular weight is 405 g/mol. The van der Waals surface area contributed by atoms with E-state index in [0.717, 1.165) is 4.31 Å². The van der Waals surface area contributed by atoms with Crippen molar-refractivity contribution in [1.82, 2.24) is 4.31 Å². The second-order valence-electron chi connectivity index (χ2n) is 6.40. The molecule has 1 aliphatic rings. The van der Waals surface area contributed by atoms with Crippen LogP contribution in [0, 0.1) is 5.92 Å². The first-order valence-corrected chi connectivity index (χ1v) is 11.5. The van der Waals surface area contributed by atoms with Crippen LogP contribution in [0.2, 0.25) is 0 Å².